The Morgan fingerprint density at radius 2 is 1.84 bits per heavy atom. The molecule has 1 saturated heterocycles. The van der Waals surface area contributed by atoms with Crippen molar-refractivity contribution in [3.05, 3.63) is 54.3 Å². The molecule has 0 radical (unpaired) electrons. The van der Waals surface area contributed by atoms with Gasteiger partial charge in [0.1, 0.15) is 17.7 Å². The molecule has 0 amide bonds. The second-order valence-corrected chi connectivity index (χ2v) is 6.05. The number of methoxy groups -OCH3 is 1. The number of hydrogen-bond acceptors (Lipinski definition) is 5. The average molecular weight is 338 g/mol. The molecule has 0 unspecified atom stereocenters. The Labute approximate surface area is 145 Å². The van der Waals surface area contributed by atoms with Crippen molar-refractivity contribution in [1.29, 1.82) is 0 Å². The van der Waals surface area contributed by atoms with Crippen LogP contribution in [0.25, 0.3) is 22.0 Å². The molecule has 1 atom stereocenters. The SMILES string of the molecule is CO[C@@H]1CN(c2nnc(-c3ccc(F)cc3)c3ccccc23)CCN1. The van der Waals surface area contributed by atoms with Crippen LogP contribution in [0, 0.1) is 5.82 Å². The van der Waals surface area contributed by atoms with Crippen LogP contribution in [0.4, 0.5) is 10.2 Å². The smallest absolute Gasteiger partial charge is 0.159 e. The monoisotopic (exact) mass is 338 g/mol. The zero-order chi connectivity index (χ0) is 17.2. The Bertz CT molecular complexity index is 884. The first-order valence-corrected chi connectivity index (χ1v) is 8.29. The minimum atomic E-state index is -0.260. The fourth-order valence-corrected chi connectivity index (χ4v) is 3.21. The van der Waals surface area contributed by atoms with Crippen LogP contribution in [0.2, 0.25) is 0 Å². The predicted molar refractivity (Wildman–Crippen MR) is 95.9 cm³/mol. The summed E-state index contributed by atoms with van der Waals surface area (Å²) >= 11 is 0. The van der Waals surface area contributed by atoms with Gasteiger partial charge >= 0.3 is 0 Å². The van der Waals surface area contributed by atoms with Crippen LogP contribution >= 0.6 is 0 Å². The molecular weight excluding hydrogens is 319 g/mol. The van der Waals surface area contributed by atoms with Crippen LogP contribution in [0.15, 0.2) is 48.5 Å². The molecule has 1 aliphatic rings. The normalized spacial score (nSPS) is 17.8. The Morgan fingerprint density at radius 3 is 2.60 bits per heavy atom. The van der Waals surface area contributed by atoms with Gasteiger partial charge < -0.3 is 9.64 Å². The van der Waals surface area contributed by atoms with E-state index in [1.807, 2.05) is 18.2 Å². The molecule has 128 valence electrons. The molecular formula is C19H19FN4O. The topological polar surface area (TPSA) is 50.3 Å². The zero-order valence-corrected chi connectivity index (χ0v) is 13.9. The van der Waals surface area contributed by atoms with E-state index >= 15 is 0 Å². The number of benzene rings is 2. The van der Waals surface area contributed by atoms with Gasteiger partial charge in [0.2, 0.25) is 0 Å². The molecule has 1 fully saturated rings. The quantitative estimate of drug-likeness (QED) is 0.796. The van der Waals surface area contributed by atoms with Crippen molar-refractivity contribution in [2.75, 3.05) is 31.6 Å². The van der Waals surface area contributed by atoms with Crippen LogP contribution in [0.5, 0.6) is 0 Å². The van der Waals surface area contributed by atoms with Crippen LogP contribution in [-0.4, -0.2) is 43.2 Å². The lowest BCUT2D eigenvalue weighted by Gasteiger charge is -2.33. The standard InChI is InChI=1S/C19H19FN4O/c1-25-17-12-24(11-10-21-17)19-16-5-3-2-4-15(16)18(22-23-19)13-6-8-14(20)9-7-13/h2-9,17,21H,10-12H2,1H3/t17-/m1/s1. The maximum Gasteiger partial charge on any atom is 0.159 e. The van der Waals surface area contributed by atoms with Gasteiger partial charge in [-0.25, -0.2) is 4.39 Å². The van der Waals surface area contributed by atoms with Crippen LogP contribution in [-0.2, 0) is 4.74 Å². The van der Waals surface area contributed by atoms with Gasteiger partial charge in [-0.3, -0.25) is 5.32 Å². The highest BCUT2D eigenvalue weighted by molar-refractivity contribution is 6.00. The number of nitrogens with zero attached hydrogens (tertiary/aromatic N) is 3. The largest absolute Gasteiger partial charge is 0.365 e. The molecule has 5 nitrogen and oxygen atoms in total. The van der Waals surface area contributed by atoms with E-state index in [9.17, 15) is 4.39 Å². The van der Waals surface area contributed by atoms with Gasteiger partial charge in [-0.05, 0) is 24.3 Å². The Balaban J connectivity index is 1.80. The van der Waals surface area contributed by atoms with Gasteiger partial charge in [0.05, 0.1) is 6.54 Å². The van der Waals surface area contributed by atoms with Gasteiger partial charge in [0, 0.05) is 36.5 Å². The van der Waals surface area contributed by atoms with Crippen molar-refractivity contribution in [2.24, 2.45) is 0 Å². The molecule has 1 aromatic heterocycles. The fraction of sp³-hybridized carbons (Fsp3) is 0.263. The summed E-state index contributed by atoms with van der Waals surface area (Å²) < 4.78 is 18.7. The van der Waals surface area contributed by atoms with E-state index in [1.54, 1.807) is 19.2 Å². The maximum atomic E-state index is 13.2. The van der Waals surface area contributed by atoms with Crippen molar-refractivity contribution in [3.8, 4) is 11.3 Å². The molecule has 2 heterocycles. The third-order valence-electron chi connectivity index (χ3n) is 4.51. The summed E-state index contributed by atoms with van der Waals surface area (Å²) in [6, 6.07) is 14.4. The highest BCUT2D eigenvalue weighted by Gasteiger charge is 2.22. The summed E-state index contributed by atoms with van der Waals surface area (Å²) in [7, 11) is 1.70. The summed E-state index contributed by atoms with van der Waals surface area (Å²) in [6.45, 7) is 2.38. The number of hydrogen-bond donors (Lipinski definition) is 1. The summed E-state index contributed by atoms with van der Waals surface area (Å²) in [5.41, 5.74) is 1.62. The van der Waals surface area contributed by atoms with E-state index in [0.717, 1.165) is 40.9 Å². The highest BCUT2D eigenvalue weighted by Crippen LogP contribution is 2.31. The van der Waals surface area contributed by atoms with Gasteiger partial charge in [0.15, 0.2) is 5.82 Å². The van der Waals surface area contributed by atoms with Gasteiger partial charge in [-0.15, -0.1) is 10.2 Å². The molecule has 3 aromatic rings. The summed E-state index contributed by atoms with van der Waals surface area (Å²) in [5, 5.41) is 14.3. The molecule has 0 saturated carbocycles. The molecule has 2 aromatic carbocycles. The summed E-state index contributed by atoms with van der Waals surface area (Å²) in [6.07, 6.45) is -0.0221. The maximum absolute atomic E-state index is 13.2. The third kappa shape index (κ3) is 3.06. The van der Waals surface area contributed by atoms with Gasteiger partial charge in [-0.1, -0.05) is 24.3 Å². The Kier molecular flexibility index (Phi) is 4.29. The molecule has 4 rings (SSSR count). The second-order valence-electron chi connectivity index (χ2n) is 6.05. The Morgan fingerprint density at radius 1 is 1.08 bits per heavy atom. The number of ether oxygens (including phenoxy) is 1. The lowest BCUT2D eigenvalue weighted by Crippen LogP contribution is -2.51. The molecule has 1 N–H and O–H groups in total. The molecule has 1 aliphatic heterocycles. The zero-order valence-electron chi connectivity index (χ0n) is 13.9. The van der Waals surface area contributed by atoms with E-state index in [0.29, 0.717) is 6.54 Å². The van der Waals surface area contributed by atoms with E-state index in [4.69, 9.17) is 4.74 Å². The van der Waals surface area contributed by atoms with Crippen molar-refractivity contribution in [3.63, 3.8) is 0 Å². The average Bonchev–Trinajstić information content (AvgIpc) is 2.68. The number of piperazine rings is 1. The van der Waals surface area contributed by atoms with Crippen molar-refractivity contribution in [1.82, 2.24) is 15.5 Å². The summed E-state index contributed by atoms with van der Waals surface area (Å²) in [4.78, 5) is 2.19. The highest BCUT2D eigenvalue weighted by atomic mass is 19.1. The predicted octanol–water partition coefficient (Wildman–Crippen LogP) is 2.82. The number of fused-ring (bicyclic) bond motifs is 1. The number of nitrogens with one attached hydrogen (secondary N) is 1. The summed E-state index contributed by atoms with van der Waals surface area (Å²) in [5.74, 6) is 0.592. The number of anilines is 1. The van der Waals surface area contributed by atoms with Crippen LogP contribution < -0.4 is 10.2 Å². The lowest BCUT2D eigenvalue weighted by molar-refractivity contribution is 0.0705. The first-order valence-electron chi connectivity index (χ1n) is 8.29. The van der Waals surface area contributed by atoms with Crippen molar-refractivity contribution in [2.45, 2.75) is 6.23 Å². The first kappa shape index (κ1) is 15.9. The van der Waals surface area contributed by atoms with Crippen molar-refractivity contribution >= 4 is 16.6 Å². The third-order valence-corrected chi connectivity index (χ3v) is 4.51. The second kappa shape index (κ2) is 6.74. The number of rotatable bonds is 3. The fourth-order valence-electron chi connectivity index (χ4n) is 3.21. The van der Waals surface area contributed by atoms with Crippen molar-refractivity contribution < 1.29 is 9.13 Å². The molecule has 25 heavy (non-hydrogen) atoms. The minimum absolute atomic E-state index is 0.0221. The number of aromatic nitrogens is 2. The van der Waals surface area contributed by atoms with Gasteiger partial charge in [-0.2, -0.15) is 0 Å². The van der Waals surface area contributed by atoms with E-state index in [1.165, 1.54) is 12.1 Å². The molecule has 0 bridgehead atoms. The van der Waals surface area contributed by atoms with E-state index in [-0.39, 0.29) is 12.0 Å². The van der Waals surface area contributed by atoms with Crippen LogP contribution in [0.1, 0.15) is 0 Å². The number of halogens is 1. The van der Waals surface area contributed by atoms with Crippen LogP contribution in [0.3, 0.4) is 0 Å². The Hall–Kier alpha value is -2.57. The molecule has 0 aliphatic carbocycles. The first-order chi connectivity index (χ1) is 12.3. The molecule has 0 spiro atoms. The van der Waals surface area contributed by atoms with E-state index < -0.39 is 0 Å². The lowest BCUT2D eigenvalue weighted by atomic mass is 10.0. The minimum Gasteiger partial charge on any atom is -0.365 e. The molecule has 6 heteroatoms. The van der Waals surface area contributed by atoms with E-state index in [2.05, 4.69) is 26.5 Å². The van der Waals surface area contributed by atoms with Gasteiger partial charge in [0.25, 0.3) is 0 Å².